The Balaban J connectivity index is 1.70. The molecule has 3 heterocycles. The quantitative estimate of drug-likeness (QED) is 0.503. The number of likely N-dealkylation sites (N-methyl/N-ethyl adjacent to an activating group) is 1. The Morgan fingerprint density at radius 2 is 1.97 bits per heavy atom. The van der Waals surface area contributed by atoms with Crippen LogP contribution in [-0.2, 0) is 16.4 Å². The molecule has 2 aliphatic heterocycles. The van der Waals surface area contributed by atoms with Gasteiger partial charge in [-0.25, -0.2) is 22.0 Å². The van der Waals surface area contributed by atoms with Crippen LogP contribution in [0.5, 0.6) is 0 Å². The standard InChI is InChI=1S/C23H23ClF2N4O3S2/c1-28-5-6-29(11-14(28)12-35(2,32)33)22-16-10-17(24)19(15-4-3-13(25)9-18(15)26)21-20(16)30(7-8-34-21)23(31)27-22/h3-4,9-10,14H,5-8,11-12H2,1-2H3/t14-/m0/s1. The Kier molecular flexibility index (Phi) is 6.31. The maximum atomic E-state index is 14.8. The summed E-state index contributed by atoms with van der Waals surface area (Å²) in [7, 11) is -1.33. The molecule has 0 saturated carbocycles. The number of anilines is 1. The normalized spacial score (nSPS) is 18.9. The summed E-state index contributed by atoms with van der Waals surface area (Å²) >= 11 is 8.17. The van der Waals surface area contributed by atoms with Crippen LogP contribution in [0.1, 0.15) is 0 Å². The number of hydrogen-bond acceptors (Lipinski definition) is 7. The Labute approximate surface area is 210 Å². The predicted molar refractivity (Wildman–Crippen MR) is 135 cm³/mol. The number of aromatic nitrogens is 2. The average Bonchev–Trinajstić information content (AvgIpc) is 2.77. The van der Waals surface area contributed by atoms with E-state index in [-0.39, 0.29) is 22.4 Å². The maximum absolute atomic E-state index is 14.8. The zero-order chi connectivity index (χ0) is 25.1. The first-order valence-electron chi connectivity index (χ1n) is 11.0. The van der Waals surface area contributed by atoms with Gasteiger partial charge in [-0.3, -0.25) is 9.47 Å². The highest BCUT2D eigenvalue weighted by Crippen LogP contribution is 2.46. The van der Waals surface area contributed by atoms with E-state index >= 15 is 0 Å². The molecule has 3 aromatic rings. The van der Waals surface area contributed by atoms with Crippen molar-refractivity contribution in [2.45, 2.75) is 17.5 Å². The molecule has 186 valence electrons. The van der Waals surface area contributed by atoms with Gasteiger partial charge in [0.15, 0.2) is 0 Å². The molecule has 0 amide bonds. The monoisotopic (exact) mass is 540 g/mol. The van der Waals surface area contributed by atoms with E-state index < -0.39 is 27.2 Å². The number of thioether (sulfide) groups is 1. The van der Waals surface area contributed by atoms with E-state index in [0.717, 1.165) is 6.07 Å². The van der Waals surface area contributed by atoms with Crippen LogP contribution in [0, 0.1) is 11.6 Å². The summed E-state index contributed by atoms with van der Waals surface area (Å²) in [5.41, 5.74) is 0.756. The van der Waals surface area contributed by atoms with E-state index in [9.17, 15) is 22.0 Å². The fourth-order valence-corrected chi connectivity index (χ4v) is 7.42. The Morgan fingerprint density at radius 3 is 2.69 bits per heavy atom. The van der Waals surface area contributed by atoms with Crippen molar-refractivity contribution in [2.75, 3.05) is 49.3 Å². The van der Waals surface area contributed by atoms with E-state index in [2.05, 4.69) is 4.98 Å². The molecule has 5 rings (SSSR count). The third kappa shape index (κ3) is 4.54. The summed E-state index contributed by atoms with van der Waals surface area (Å²) in [5.74, 6) is -0.426. The lowest BCUT2D eigenvalue weighted by molar-refractivity contribution is 0.235. The molecule has 35 heavy (non-hydrogen) atoms. The molecule has 1 saturated heterocycles. The zero-order valence-corrected chi connectivity index (χ0v) is 21.5. The van der Waals surface area contributed by atoms with Crippen molar-refractivity contribution in [1.29, 1.82) is 0 Å². The molecule has 0 radical (unpaired) electrons. The van der Waals surface area contributed by atoms with Gasteiger partial charge in [-0.1, -0.05) is 11.6 Å². The summed E-state index contributed by atoms with van der Waals surface area (Å²) in [6.45, 7) is 1.97. The van der Waals surface area contributed by atoms with Crippen LogP contribution in [0.15, 0.2) is 34.0 Å². The van der Waals surface area contributed by atoms with Gasteiger partial charge >= 0.3 is 5.69 Å². The van der Waals surface area contributed by atoms with Crippen molar-refractivity contribution in [3.63, 3.8) is 0 Å². The number of piperazine rings is 1. The van der Waals surface area contributed by atoms with Gasteiger partial charge in [0.1, 0.15) is 27.3 Å². The summed E-state index contributed by atoms with van der Waals surface area (Å²) < 4.78 is 53.8. The summed E-state index contributed by atoms with van der Waals surface area (Å²) in [4.78, 5) is 22.0. The number of aryl methyl sites for hydroxylation is 1. The van der Waals surface area contributed by atoms with E-state index in [4.69, 9.17) is 11.6 Å². The van der Waals surface area contributed by atoms with Crippen molar-refractivity contribution in [3.8, 4) is 11.1 Å². The van der Waals surface area contributed by atoms with Crippen molar-refractivity contribution in [2.24, 2.45) is 0 Å². The molecular formula is C23H23ClF2N4O3S2. The highest BCUT2D eigenvalue weighted by Gasteiger charge is 2.31. The summed E-state index contributed by atoms with van der Waals surface area (Å²) in [5, 5.41) is 0.910. The van der Waals surface area contributed by atoms with Crippen molar-refractivity contribution >= 4 is 49.9 Å². The van der Waals surface area contributed by atoms with Crippen LogP contribution in [0.25, 0.3) is 22.0 Å². The highest BCUT2D eigenvalue weighted by atomic mass is 35.5. The van der Waals surface area contributed by atoms with Crippen LogP contribution in [0.4, 0.5) is 14.6 Å². The molecule has 1 aromatic heterocycles. The lowest BCUT2D eigenvalue weighted by Crippen LogP contribution is -2.54. The third-order valence-electron chi connectivity index (χ3n) is 6.48. The number of hydrogen-bond donors (Lipinski definition) is 0. The van der Waals surface area contributed by atoms with Gasteiger partial charge in [0.25, 0.3) is 0 Å². The minimum Gasteiger partial charge on any atom is -0.353 e. The first-order chi connectivity index (χ1) is 16.5. The van der Waals surface area contributed by atoms with Crippen molar-refractivity contribution in [1.82, 2.24) is 14.5 Å². The first kappa shape index (κ1) is 24.5. The minimum atomic E-state index is -3.21. The van der Waals surface area contributed by atoms with E-state index in [0.29, 0.717) is 59.1 Å². The fraction of sp³-hybridized carbons (Fsp3) is 0.391. The molecule has 1 atom stereocenters. The maximum Gasteiger partial charge on any atom is 0.350 e. The van der Waals surface area contributed by atoms with Gasteiger partial charge in [-0.05, 0) is 25.2 Å². The second-order valence-electron chi connectivity index (χ2n) is 8.97. The van der Waals surface area contributed by atoms with E-state index in [1.54, 1.807) is 10.6 Å². The lowest BCUT2D eigenvalue weighted by Gasteiger charge is -2.40. The largest absolute Gasteiger partial charge is 0.353 e. The van der Waals surface area contributed by atoms with Gasteiger partial charge in [-0.15, -0.1) is 11.8 Å². The number of benzene rings is 2. The first-order valence-corrected chi connectivity index (χ1v) is 14.4. The molecule has 0 N–H and O–H groups in total. The van der Waals surface area contributed by atoms with Gasteiger partial charge < -0.3 is 4.90 Å². The molecule has 0 spiro atoms. The smallest absolute Gasteiger partial charge is 0.350 e. The molecule has 0 aliphatic carbocycles. The zero-order valence-electron chi connectivity index (χ0n) is 19.1. The van der Waals surface area contributed by atoms with Crippen molar-refractivity contribution in [3.05, 3.63) is 51.4 Å². The summed E-state index contributed by atoms with van der Waals surface area (Å²) in [6.07, 6.45) is 1.21. The predicted octanol–water partition coefficient (Wildman–Crippen LogP) is 3.27. The lowest BCUT2D eigenvalue weighted by atomic mass is 10.0. The van der Waals surface area contributed by atoms with E-state index in [1.165, 1.54) is 30.2 Å². The van der Waals surface area contributed by atoms with E-state index in [1.807, 2.05) is 16.8 Å². The van der Waals surface area contributed by atoms with Crippen LogP contribution < -0.4 is 10.6 Å². The Morgan fingerprint density at radius 1 is 1.20 bits per heavy atom. The molecule has 12 heteroatoms. The van der Waals surface area contributed by atoms with Gasteiger partial charge in [-0.2, -0.15) is 4.98 Å². The molecule has 0 bridgehead atoms. The second kappa shape index (κ2) is 9.02. The van der Waals surface area contributed by atoms with Crippen LogP contribution >= 0.6 is 23.4 Å². The van der Waals surface area contributed by atoms with Crippen LogP contribution in [0.2, 0.25) is 5.02 Å². The third-order valence-corrected chi connectivity index (χ3v) is 8.85. The molecule has 0 unspecified atom stereocenters. The molecular weight excluding hydrogens is 518 g/mol. The van der Waals surface area contributed by atoms with Crippen LogP contribution in [0.3, 0.4) is 0 Å². The number of halogens is 3. The number of sulfone groups is 1. The topological polar surface area (TPSA) is 75.5 Å². The molecule has 2 aliphatic rings. The average molecular weight is 541 g/mol. The van der Waals surface area contributed by atoms with Gasteiger partial charge in [0.2, 0.25) is 0 Å². The Hall–Kier alpha value is -2.21. The number of rotatable bonds is 4. The molecule has 7 nitrogen and oxygen atoms in total. The van der Waals surface area contributed by atoms with Crippen molar-refractivity contribution < 1.29 is 17.2 Å². The second-order valence-corrected chi connectivity index (χ2v) is 12.7. The SMILES string of the molecule is CN1CCN(c2nc(=O)n3c4c(c(-c5ccc(F)cc5F)c(Cl)cc24)SCC3)C[C@H]1CS(C)(=O)=O. The van der Waals surface area contributed by atoms with Gasteiger partial charge in [0, 0.05) is 71.7 Å². The number of nitrogens with zero attached hydrogens (tertiary/aromatic N) is 4. The Bertz CT molecular complexity index is 1510. The minimum absolute atomic E-state index is 0.00908. The fourth-order valence-electron chi connectivity index (χ4n) is 4.80. The summed E-state index contributed by atoms with van der Waals surface area (Å²) in [6, 6.07) is 4.75. The van der Waals surface area contributed by atoms with Gasteiger partial charge in [0.05, 0.1) is 16.3 Å². The molecule has 1 fully saturated rings. The highest BCUT2D eigenvalue weighted by molar-refractivity contribution is 7.99. The molecule has 2 aromatic carbocycles. The van der Waals surface area contributed by atoms with Crippen LogP contribution in [-0.4, -0.2) is 73.4 Å².